The molecule has 2 aromatic rings. The second-order valence-electron chi connectivity index (χ2n) is 3.57. The van der Waals surface area contributed by atoms with Gasteiger partial charge in [-0.05, 0) is 46.6 Å². The number of hydrogen-bond donors (Lipinski definition) is 0. The van der Waals surface area contributed by atoms with Gasteiger partial charge in [-0.1, -0.05) is 11.6 Å². The Hall–Kier alpha value is 0.130. The van der Waals surface area contributed by atoms with E-state index in [4.69, 9.17) is 11.6 Å². The zero-order valence-electron chi connectivity index (χ0n) is 8.74. The zero-order chi connectivity index (χ0) is 11.5. The van der Waals surface area contributed by atoms with Crippen molar-refractivity contribution in [3.63, 3.8) is 0 Å². The van der Waals surface area contributed by atoms with E-state index < -0.39 is 0 Å². The molecule has 2 heterocycles. The number of rotatable bonds is 4. The van der Waals surface area contributed by atoms with Crippen molar-refractivity contribution < 1.29 is 0 Å². The molecule has 0 aliphatic heterocycles. The summed E-state index contributed by atoms with van der Waals surface area (Å²) in [6, 6.07) is 6.14. The summed E-state index contributed by atoms with van der Waals surface area (Å²) in [5.41, 5.74) is 0. The first-order chi connectivity index (χ1) is 7.65. The first-order valence-corrected chi connectivity index (χ1v) is 7.66. The lowest BCUT2D eigenvalue weighted by Gasteiger charge is -2.14. The van der Waals surface area contributed by atoms with Crippen molar-refractivity contribution in [2.24, 2.45) is 0 Å². The molecule has 0 unspecified atom stereocenters. The third-order valence-electron chi connectivity index (χ3n) is 2.16. The van der Waals surface area contributed by atoms with Crippen LogP contribution in [-0.2, 0) is 13.1 Å². The van der Waals surface area contributed by atoms with Crippen LogP contribution in [-0.4, -0.2) is 11.9 Å². The van der Waals surface area contributed by atoms with Crippen LogP contribution in [0.3, 0.4) is 0 Å². The van der Waals surface area contributed by atoms with Crippen molar-refractivity contribution in [2.45, 2.75) is 13.1 Å². The molecule has 0 spiro atoms. The second-order valence-corrected chi connectivity index (χ2v) is 7.22. The highest BCUT2D eigenvalue weighted by Gasteiger charge is 2.07. The molecule has 0 aliphatic rings. The maximum absolute atomic E-state index is 5.91. The highest BCUT2D eigenvalue weighted by atomic mass is 79.9. The van der Waals surface area contributed by atoms with Crippen molar-refractivity contribution >= 4 is 50.2 Å². The molecular formula is C11H11BrClNS2. The Morgan fingerprint density at radius 1 is 1.31 bits per heavy atom. The molecule has 2 rings (SSSR count). The molecule has 2 aromatic heterocycles. The maximum Gasteiger partial charge on any atom is 0.0931 e. The molecule has 0 amide bonds. The van der Waals surface area contributed by atoms with Crippen molar-refractivity contribution in [3.8, 4) is 0 Å². The molecular weight excluding hydrogens is 326 g/mol. The Balaban J connectivity index is 1.94. The van der Waals surface area contributed by atoms with Crippen LogP contribution in [0, 0.1) is 0 Å². The number of hydrogen-bond acceptors (Lipinski definition) is 3. The van der Waals surface area contributed by atoms with Gasteiger partial charge in [0.1, 0.15) is 0 Å². The summed E-state index contributed by atoms with van der Waals surface area (Å²) in [5, 5.41) is 2.11. The van der Waals surface area contributed by atoms with Crippen LogP contribution in [0.5, 0.6) is 0 Å². The molecule has 16 heavy (non-hydrogen) atoms. The predicted molar refractivity (Wildman–Crippen MR) is 76.5 cm³/mol. The van der Waals surface area contributed by atoms with Crippen LogP contribution in [0.2, 0.25) is 4.34 Å². The van der Waals surface area contributed by atoms with E-state index >= 15 is 0 Å². The van der Waals surface area contributed by atoms with E-state index in [-0.39, 0.29) is 0 Å². The molecule has 1 nitrogen and oxygen atoms in total. The summed E-state index contributed by atoms with van der Waals surface area (Å²) in [7, 11) is 2.12. The quantitative estimate of drug-likeness (QED) is 0.771. The van der Waals surface area contributed by atoms with Gasteiger partial charge in [0, 0.05) is 27.3 Å². The SMILES string of the molecule is CN(Cc1ccc(Cl)s1)Cc1sccc1Br. The third kappa shape index (κ3) is 3.31. The van der Waals surface area contributed by atoms with Gasteiger partial charge in [-0.2, -0.15) is 0 Å². The highest BCUT2D eigenvalue weighted by Crippen LogP contribution is 2.26. The monoisotopic (exact) mass is 335 g/mol. The Morgan fingerprint density at radius 2 is 2.12 bits per heavy atom. The van der Waals surface area contributed by atoms with Crippen LogP contribution in [0.15, 0.2) is 28.1 Å². The maximum atomic E-state index is 5.91. The normalized spacial score (nSPS) is 11.2. The topological polar surface area (TPSA) is 3.24 Å². The Morgan fingerprint density at radius 3 is 2.69 bits per heavy atom. The third-order valence-corrected chi connectivity index (χ3v) is 5.29. The number of thiophene rings is 2. The number of nitrogens with zero attached hydrogens (tertiary/aromatic N) is 1. The lowest BCUT2D eigenvalue weighted by molar-refractivity contribution is 0.324. The summed E-state index contributed by atoms with van der Waals surface area (Å²) >= 11 is 12.9. The lowest BCUT2D eigenvalue weighted by Crippen LogP contribution is -2.15. The van der Waals surface area contributed by atoms with Gasteiger partial charge in [0.2, 0.25) is 0 Å². The van der Waals surface area contributed by atoms with Gasteiger partial charge in [-0.3, -0.25) is 4.90 Å². The Labute approximate surface area is 117 Å². The molecule has 0 fully saturated rings. The predicted octanol–water partition coefficient (Wildman–Crippen LogP) is 4.86. The van der Waals surface area contributed by atoms with Crippen molar-refractivity contribution in [1.82, 2.24) is 4.90 Å². The van der Waals surface area contributed by atoms with E-state index in [1.54, 1.807) is 22.7 Å². The van der Waals surface area contributed by atoms with E-state index in [0.717, 1.165) is 17.4 Å². The molecule has 0 N–H and O–H groups in total. The average Bonchev–Trinajstić information content (AvgIpc) is 2.77. The summed E-state index contributed by atoms with van der Waals surface area (Å²) in [4.78, 5) is 4.96. The minimum absolute atomic E-state index is 0.862. The van der Waals surface area contributed by atoms with Gasteiger partial charge in [0.05, 0.1) is 4.34 Å². The van der Waals surface area contributed by atoms with Gasteiger partial charge in [-0.25, -0.2) is 0 Å². The smallest absolute Gasteiger partial charge is 0.0931 e. The highest BCUT2D eigenvalue weighted by molar-refractivity contribution is 9.10. The van der Waals surface area contributed by atoms with Crippen LogP contribution in [0.25, 0.3) is 0 Å². The van der Waals surface area contributed by atoms with Gasteiger partial charge in [0.25, 0.3) is 0 Å². The molecule has 5 heteroatoms. The van der Waals surface area contributed by atoms with E-state index in [1.165, 1.54) is 14.2 Å². The summed E-state index contributed by atoms with van der Waals surface area (Å²) in [6.45, 7) is 1.91. The fourth-order valence-electron chi connectivity index (χ4n) is 1.44. The van der Waals surface area contributed by atoms with Gasteiger partial charge >= 0.3 is 0 Å². The zero-order valence-corrected chi connectivity index (χ0v) is 12.7. The van der Waals surface area contributed by atoms with Gasteiger partial charge in [-0.15, -0.1) is 22.7 Å². The minimum atomic E-state index is 0.862. The van der Waals surface area contributed by atoms with Gasteiger partial charge in [0.15, 0.2) is 0 Å². The summed E-state index contributed by atoms with van der Waals surface area (Å²) in [5.74, 6) is 0. The molecule has 0 saturated carbocycles. The van der Waals surface area contributed by atoms with E-state index in [9.17, 15) is 0 Å². The van der Waals surface area contributed by atoms with E-state index in [0.29, 0.717) is 0 Å². The van der Waals surface area contributed by atoms with Crippen LogP contribution in [0.1, 0.15) is 9.75 Å². The van der Waals surface area contributed by atoms with Crippen LogP contribution >= 0.6 is 50.2 Å². The molecule has 0 radical (unpaired) electrons. The molecule has 0 saturated heterocycles. The Kier molecular flexibility index (Phi) is 4.44. The van der Waals surface area contributed by atoms with Crippen molar-refractivity contribution in [2.75, 3.05) is 7.05 Å². The Bertz CT molecular complexity index is 466. The second kappa shape index (κ2) is 5.65. The van der Waals surface area contributed by atoms with Gasteiger partial charge < -0.3 is 0 Å². The van der Waals surface area contributed by atoms with Crippen molar-refractivity contribution in [3.05, 3.63) is 42.1 Å². The summed E-state index contributed by atoms with van der Waals surface area (Å²) in [6.07, 6.45) is 0. The number of halogens is 2. The fourth-order valence-corrected chi connectivity index (χ4v) is 4.17. The molecule has 0 aliphatic carbocycles. The molecule has 0 aromatic carbocycles. The lowest BCUT2D eigenvalue weighted by atomic mass is 10.4. The molecule has 0 bridgehead atoms. The first kappa shape index (κ1) is 12.6. The molecule has 0 atom stereocenters. The molecule has 86 valence electrons. The fraction of sp³-hybridized carbons (Fsp3) is 0.273. The van der Waals surface area contributed by atoms with Crippen LogP contribution < -0.4 is 0 Å². The largest absolute Gasteiger partial charge is 0.296 e. The van der Waals surface area contributed by atoms with Crippen LogP contribution in [0.4, 0.5) is 0 Å². The minimum Gasteiger partial charge on any atom is -0.296 e. The standard InChI is InChI=1S/C11H11BrClNS2/c1-14(6-8-2-3-11(13)16-8)7-10-9(12)4-5-15-10/h2-5H,6-7H2,1H3. The first-order valence-electron chi connectivity index (χ1n) is 4.80. The van der Waals surface area contributed by atoms with Crippen molar-refractivity contribution in [1.29, 1.82) is 0 Å². The average molecular weight is 337 g/mol. The summed E-state index contributed by atoms with van der Waals surface area (Å²) < 4.78 is 2.06. The van der Waals surface area contributed by atoms with E-state index in [2.05, 4.69) is 45.4 Å². The van der Waals surface area contributed by atoms with E-state index in [1.807, 2.05) is 6.07 Å².